The highest BCUT2D eigenvalue weighted by molar-refractivity contribution is 5.68. The molecule has 0 fully saturated rings. The number of aromatic amines is 1. The molecule has 0 atom stereocenters. The van der Waals surface area contributed by atoms with Gasteiger partial charge in [-0.1, -0.05) is 0 Å². The van der Waals surface area contributed by atoms with Crippen LogP contribution < -0.4 is 9.47 Å². The van der Waals surface area contributed by atoms with E-state index in [0.717, 1.165) is 17.0 Å². The van der Waals surface area contributed by atoms with Crippen LogP contribution in [0.25, 0.3) is 11.3 Å². The molecule has 0 bridgehead atoms. The Morgan fingerprint density at radius 3 is 2.83 bits per heavy atom. The van der Waals surface area contributed by atoms with E-state index in [1.54, 1.807) is 26.5 Å². The SMILES string of the molecule is COc1ccc(-c2cnc(CC#N)[nH]2)c(OC)c1. The van der Waals surface area contributed by atoms with E-state index >= 15 is 0 Å². The summed E-state index contributed by atoms with van der Waals surface area (Å²) < 4.78 is 10.5. The van der Waals surface area contributed by atoms with Gasteiger partial charge in [0, 0.05) is 11.6 Å². The average molecular weight is 243 g/mol. The van der Waals surface area contributed by atoms with Crippen molar-refractivity contribution in [3.05, 3.63) is 30.2 Å². The minimum atomic E-state index is 0.262. The molecule has 0 amide bonds. The third-order valence-electron chi connectivity index (χ3n) is 2.57. The summed E-state index contributed by atoms with van der Waals surface area (Å²) in [6.07, 6.45) is 1.95. The van der Waals surface area contributed by atoms with Gasteiger partial charge in [-0.3, -0.25) is 0 Å². The second-order valence-electron chi connectivity index (χ2n) is 3.64. The van der Waals surface area contributed by atoms with E-state index in [1.807, 2.05) is 12.1 Å². The molecule has 5 heteroatoms. The Morgan fingerprint density at radius 1 is 1.33 bits per heavy atom. The Bertz CT molecular complexity index is 584. The van der Waals surface area contributed by atoms with Gasteiger partial charge in [0.2, 0.25) is 0 Å². The lowest BCUT2D eigenvalue weighted by Gasteiger charge is -2.08. The molecular weight excluding hydrogens is 230 g/mol. The highest BCUT2D eigenvalue weighted by Crippen LogP contribution is 2.32. The smallest absolute Gasteiger partial charge is 0.131 e. The van der Waals surface area contributed by atoms with Crippen molar-refractivity contribution in [3.63, 3.8) is 0 Å². The molecule has 2 rings (SSSR count). The number of aromatic nitrogens is 2. The van der Waals surface area contributed by atoms with Crippen molar-refractivity contribution in [1.29, 1.82) is 5.26 Å². The molecule has 0 aliphatic rings. The third kappa shape index (κ3) is 2.28. The first-order valence-electron chi connectivity index (χ1n) is 5.41. The van der Waals surface area contributed by atoms with Gasteiger partial charge < -0.3 is 14.5 Å². The van der Waals surface area contributed by atoms with Gasteiger partial charge in [0.25, 0.3) is 0 Å². The Balaban J connectivity index is 2.40. The lowest BCUT2D eigenvalue weighted by molar-refractivity contribution is 0.395. The van der Waals surface area contributed by atoms with E-state index in [1.165, 1.54) is 0 Å². The number of benzene rings is 1. The number of ether oxygens (including phenoxy) is 2. The molecule has 0 unspecified atom stereocenters. The van der Waals surface area contributed by atoms with Crippen molar-refractivity contribution in [3.8, 4) is 28.8 Å². The van der Waals surface area contributed by atoms with Gasteiger partial charge in [-0.05, 0) is 12.1 Å². The lowest BCUT2D eigenvalue weighted by Crippen LogP contribution is -1.91. The van der Waals surface area contributed by atoms with E-state index in [4.69, 9.17) is 14.7 Å². The minimum absolute atomic E-state index is 0.262. The molecule has 5 nitrogen and oxygen atoms in total. The fourth-order valence-electron chi connectivity index (χ4n) is 1.69. The molecule has 1 aromatic heterocycles. The van der Waals surface area contributed by atoms with Crippen LogP contribution in [0.4, 0.5) is 0 Å². The second kappa shape index (κ2) is 5.23. The van der Waals surface area contributed by atoms with Crippen molar-refractivity contribution < 1.29 is 9.47 Å². The molecule has 0 spiro atoms. The van der Waals surface area contributed by atoms with Gasteiger partial charge >= 0.3 is 0 Å². The summed E-state index contributed by atoms with van der Waals surface area (Å²) in [6.45, 7) is 0. The van der Waals surface area contributed by atoms with Crippen molar-refractivity contribution in [2.75, 3.05) is 14.2 Å². The van der Waals surface area contributed by atoms with E-state index in [0.29, 0.717) is 11.6 Å². The highest BCUT2D eigenvalue weighted by Gasteiger charge is 2.10. The van der Waals surface area contributed by atoms with E-state index in [-0.39, 0.29) is 6.42 Å². The molecule has 92 valence electrons. The van der Waals surface area contributed by atoms with E-state index in [2.05, 4.69) is 16.0 Å². The summed E-state index contributed by atoms with van der Waals surface area (Å²) in [5.41, 5.74) is 1.70. The molecule has 1 aromatic carbocycles. The molecule has 18 heavy (non-hydrogen) atoms. The number of nitrogens with zero attached hydrogens (tertiary/aromatic N) is 2. The van der Waals surface area contributed by atoms with Crippen molar-refractivity contribution in [1.82, 2.24) is 9.97 Å². The number of nitrogens with one attached hydrogen (secondary N) is 1. The molecule has 2 aromatic rings. The highest BCUT2D eigenvalue weighted by atomic mass is 16.5. The Hall–Kier alpha value is -2.48. The largest absolute Gasteiger partial charge is 0.497 e. The summed E-state index contributed by atoms with van der Waals surface area (Å²) in [6, 6.07) is 7.60. The van der Waals surface area contributed by atoms with Gasteiger partial charge in [0.05, 0.1) is 38.6 Å². The molecule has 0 radical (unpaired) electrons. The number of imidazole rings is 1. The topological polar surface area (TPSA) is 70.9 Å². The van der Waals surface area contributed by atoms with Crippen LogP contribution in [0.1, 0.15) is 5.82 Å². The molecule has 0 aliphatic carbocycles. The van der Waals surface area contributed by atoms with Crippen molar-refractivity contribution in [2.45, 2.75) is 6.42 Å². The maximum atomic E-state index is 8.62. The molecular formula is C13H13N3O2. The van der Waals surface area contributed by atoms with E-state index in [9.17, 15) is 0 Å². The molecule has 0 saturated heterocycles. The first-order chi connectivity index (χ1) is 8.78. The van der Waals surface area contributed by atoms with Crippen LogP contribution in [-0.2, 0) is 6.42 Å². The summed E-state index contributed by atoms with van der Waals surface area (Å²) in [7, 11) is 3.21. The number of rotatable bonds is 4. The quantitative estimate of drug-likeness (QED) is 0.893. The number of methoxy groups -OCH3 is 2. The number of hydrogen-bond donors (Lipinski definition) is 1. The van der Waals surface area contributed by atoms with Crippen LogP contribution in [0.3, 0.4) is 0 Å². The summed E-state index contributed by atoms with van der Waals surface area (Å²) in [5.74, 6) is 2.07. The summed E-state index contributed by atoms with van der Waals surface area (Å²) in [5, 5.41) is 8.62. The van der Waals surface area contributed by atoms with Crippen LogP contribution in [-0.4, -0.2) is 24.2 Å². The van der Waals surface area contributed by atoms with Gasteiger partial charge in [-0.15, -0.1) is 0 Å². The summed E-state index contributed by atoms with van der Waals surface area (Å²) >= 11 is 0. The molecule has 0 saturated carbocycles. The van der Waals surface area contributed by atoms with Gasteiger partial charge in [0.15, 0.2) is 0 Å². The fraction of sp³-hybridized carbons (Fsp3) is 0.231. The van der Waals surface area contributed by atoms with Crippen molar-refractivity contribution >= 4 is 0 Å². The predicted octanol–water partition coefficient (Wildman–Crippen LogP) is 2.16. The maximum absolute atomic E-state index is 8.62. The van der Waals surface area contributed by atoms with E-state index < -0.39 is 0 Å². The monoisotopic (exact) mass is 243 g/mol. The first-order valence-corrected chi connectivity index (χ1v) is 5.41. The first kappa shape index (κ1) is 12.0. The van der Waals surface area contributed by atoms with Crippen molar-refractivity contribution in [2.24, 2.45) is 0 Å². The molecule has 0 aliphatic heterocycles. The molecule has 1 N–H and O–H groups in total. The van der Waals surface area contributed by atoms with Crippen LogP contribution >= 0.6 is 0 Å². The van der Waals surface area contributed by atoms with Crippen LogP contribution in [0.5, 0.6) is 11.5 Å². The van der Waals surface area contributed by atoms with Gasteiger partial charge in [-0.25, -0.2) is 4.98 Å². The standard InChI is InChI=1S/C13H13N3O2/c1-17-9-3-4-10(12(7-9)18-2)11-8-15-13(16-11)5-6-14/h3-4,7-8H,5H2,1-2H3,(H,15,16). The lowest BCUT2D eigenvalue weighted by atomic mass is 10.1. The Labute approximate surface area is 105 Å². The predicted molar refractivity (Wildman–Crippen MR) is 66.4 cm³/mol. The van der Waals surface area contributed by atoms with Crippen LogP contribution in [0, 0.1) is 11.3 Å². The normalized spacial score (nSPS) is 9.83. The fourth-order valence-corrected chi connectivity index (χ4v) is 1.69. The Kier molecular flexibility index (Phi) is 3.49. The minimum Gasteiger partial charge on any atom is -0.497 e. The second-order valence-corrected chi connectivity index (χ2v) is 3.64. The number of H-pyrrole nitrogens is 1. The van der Waals surface area contributed by atoms with Gasteiger partial charge in [-0.2, -0.15) is 5.26 Å². The van der Waals surface area contributed by atoms with Crippen LogP contribution in [0.15, 0.2) is 24.4 Å². The summed E-state index contributed by atoms with van der Waals surface area (Å²) in [4.78, 5) is 7.22. The molecule has 1 heterocycles. The number of hydrogen-bond acceptors (Lipinski definition) is 4. The average Bonchev–Trinajstić information content (AvgIpc) is 2.87. The third-order valence-corrected chi connectivity index (χ3v) is 2.57. The van der Waals surface area contributed by atoms with Gasteiger partial charge in [0.1, 0.15) is 17.3 Å². The zero-order valence-electron chi connectivity index (χ0n) is 10.2. The zero-order valence-corrected chi connectivity index (χ0v) is 10.2. The maximum Gasteiger partial charge on any atom is 0.131 e. The number of nitriles is 1. The van der Waals surface area contributed by atoms with Crippen LogP contribution in [0.2, 0.25) is 0 Å². The Morgan fingerprint density at radius 2 is 2.17 bits per heavy atom. The zero-order chi connectivity index (χ0) is 13.0.